The van der Waals surface area contributed by atoms with Gasteiger partial charge >= 0.3 is 0 Å². The fraction of sp³-hybridized carbons (Fsp3) is 0.167. The van der Waals surface area contributed by atoms with Gasteiger partial charge in [-0.2, -0.15) is 4.39 Å². The van der Waals surface area contributed by atoms with Gasteiger partial charge in [0.2, 0.25) is 27.7 Å². The van der Waals surface area contributed by atoms with Crippen LogP contribution >= 0.6 is 0 Å². The minimum absolute atomic E-state index is 0.0410. The van der Waals surface area contributed by atoms with Crippen molar-refractivity contribution in [2.24, 2.45) is 0 Å². The molecule has 3 rings (SSSR count). The molecular formula is C18H16F3N5O4S. The van der Waals surface area contributed by atoms with Crippen molar-refractivity contribution >= 4 is 21.7 Å². The lowest BCUT2D eigenvalue weighted by atomic mass is 10.2. The van der Waals surface area contributed by atoms with Gasteiger partial charge in [-0.1, -0.05) is 0 Å². The second-order valence-electron chi connectivity index (χ2n) is 6.03. The zero-order valence-electron chi connectivity index (χ0n) is 16.0. The number of nitrogen functional groups attached to an aromatic ring is 1. The number of hydrogen-bond acceptors (Lipinski definition) is 8. The van der Waals surface area contributed by atoms with Crippen LogP contribution in [0.15, 0.2) is 36.7 Å². The van der Waals surface area contributed by atoms with E-state index in [1.165, 1.54) is 37.7 Å². The lowest BCUT2D eigenvalue weighted by Crippen LogP contribution is -2.21. The van der Waals surface area contributed by atoms with Crippen LogP contribution < -0.4 is 15.2 Å². The Hall–Kier alpha value is -3.45. The van der Waals surface area contributed by atoms with Gasteiger partial charge < -0.3 is 15.2 Å². The second-order valence-corrected chi connectivity index (χ2v) is 7.87. The number of ether oxygens (including phenoxy) is 2. The Morgan fingerprint density at radius 2 is 1.90 bits per heavy atom. The molecule has 0 aliphatic heterocycles. The summed E-state index contributed by atoms with van der Waals surface area (Å²) in [6.45, 7) is -0.224. The third-order valence-corrected chi connectivity index (χ3v) is 5.09. The summed E-state index contributed by atoms with van der Waals surface area (Å²) in [4.78, 5) is 11.7. The van der Waals surface area contributed by atoms with E-state index in [1.807, 2.05) is 0 Å². The maximum absolute atomic E-state index is 14.6. The van der Waals surface area contributed by atoms with Crippen LogP contribution in [0, 0.1) is 17.5 Å². The summed E-state index contributed by atoms with van der Waals surface area (Å²) in [7, 11) is -2.92. The molecule has 0 bridgehead atoms. The quantitative estimate of drug-likeness (QED) is 0.496. The van der Waals surface area contributed by atoms with Crippen LogP contribution in [0.25, 0.3) is 11.3 Å². The van der Waals surface area contributed by atoms with E-state index in [1.54, 1.807) is 4.72 Å². The fourth-order valence-corrected chi connectivity index (χ4v) is 3.42. The lowest BCUT2D eigenvalue weighted by molar-refractivity contribution is 0.217. The first kappa shape index (κ1) is 22.2. The summed E-state index contributed by atoms with van der Waals surface area (Å²) in [5, 5.41) is 0. The summed E-state index contributed by atoms with van der Waals surface area (Å²) in [6, 6.07) is 5.04. The lowest BCUT2D eigenvalue weighted by Gasteiger charge is -2.14. The van der Waals surface area contributed by atoms with Crippen LogP contribution in [-0.4, -0.2) is 42.8 Å². The number of methoxy groups -OCH3 is 1. The van der Waals surface area contributed by atoms with Crippen molar-refractivity contribution in [3.8, 4) is 22.9 Å². The molecule has 0 saturated carbocycles. The summed E-state index contributed by atoms with van der Waals surface area (Å²) in [5.74, 6) is -6.48. The summed E-state index contributed by atoms with van der Waals surface area (Å²) in [5.41, 5.74) is 4.91. The predicted octanol–water partition coefficient (Wildman–Crippen LogP) is 2.72. The minimum atomic E-state index is -4.18. The molecule has 2 heterocycles. The minimum Gasteiger partial charge on any atom is -0.435 e. The van der Waals surface area contributed by atoms with Crippen LogP contribution in [0.1, 0.15) is 0 Å². The maximum Gasteiger partial charge on any atom is 0.235 e. The van der Waals surface area contributed by atoms with E-state index in [0.717, 1.165) is 0 Å². The predicted molar refractivity (Wildman–Crippen MR) is 105 cm³/mol. The first-order valence-corrected chi connectivity index (χ1v) is 10.3. The molecule has 0 spiro atoms. The molecule has 0 unspecified atom stereocenters. The van der Waals surface area contributed by atoms with Crippen molar-refractivity contribution < 1.29 is 31.1 Å². The molecule has 164 valence electrons. The third-order valence-electron chi connectivity index (χ3n) is 3.87. The van der Waals surface area contributed by atoms with E-state index in [9.17, 15) is 21.6 Å². The average molecular weight is 455 g/mol. The molecule has 0 aliphatic carbocycles. The number of rotatable bonds is 8. The Labute approximate surface area is 175 Å². The first-order chi connectivity index (χ1) is 14.7. The molecule has 0 aliphatic rings. The van der Waals surface area contributed by atoms with Gasteiger partial charge in [0.15, 0.2) is 17.4 Å². The standard InChI is InChI=1S/C18H16F3N5O4S/c1-29-7-8-31(27,28)26-16-11(19)9-13(14(20)15(16)21)30-17-10(3-2-5-23-17)12-4-6-24-18(22)25-12/h2-6,9,26H,7-8H2,1H3,(H2,22,24,25). The van der Waals surface area contributed by atoms with Gasteiger partial charge in [-0.25, -0.2) is 32.2 Å². The van der Waals surface area contributed by atoms with E-state index in [-0.39, 0.29) is 29.7 Å². The Kier molecular flexibility index (Phi) is 6.56. The molecule has 0 saturated heterocycles. The van der Waals surface area contributed by atoms with E-state index < -0.39 is 44.7 Å². The van der Waals surface area contributed by atoms with Crippen molar-refractivity contribution in [3.63, 3.8) is 0 Å². The van der Waals surface area contributed by atoms with Gasteiger partial charge in [0, 0.05) is 25.6 Å². The smallest absolute Gasteiger partial charge is 0.235 e. The highest BCUT2D eigenvalue weighted by atomic mass is 32.2. The molecule has 2 aromatic heterocycles. The van der Waals surface area contributed by atoms with Crippen LogP contribution in [0.5, 0.6) is 11.6 Å². The van der Waals surface area contributed by atoms with Crippen molar-refractivity contribution in [2.45, 2.75) is 0 Å². The number of pyridine rings is 1. The molecule has 0 fully saturated rings. The van der Waals surface area contributed by atoms with Gasteiger partial charge in [-0.05, 0) is 18.2 Å². The van der Waals surface area contributed by atoms with Gasteiger partial charge in [0.25, 0.3) is 0 Å². The van der Waals surface area contributed by atoms with E-state index in [4.69, 9.17) is 10.5 Å². The molecule has 9 nitrogen and oxygen atoms in total. The Morgan fingerprint density at radius 3 is 2.61 bits per heavy atom. The van der Waals surface area contributed by atoms with Crippen LogP contribution in [0.3, 0.4) is 0 Å². The third kappa shape index (κ3) is 5.19. The Balaban J connectivity index is 1.96. The average Bonchev–Trinajstić information content (AvgIpc) is 2.74. The Morgan fingerprint density at radius 1 is 1.13 bits per heavy atom. The number of anilines is 2. The highest BCUT2D eigenvalue weighted by Gasteiger charge is 2.25. The molecule has 1 aromatic carbocycles. The summed E-state index contributed by atoms with van der Waals surface area (Å²) in [6.07, 6.45) is 2.69. The van der Waals surface area contributed by atoms with E-state index >= 15 is 0 Å². The SMILES string of the molecule is COCCS(=O)(=O)Nc1c(F)cc(Oc2ncccc2-c2ccnc(N)n2)c(F)c1F. The van der Waals surface area contributed by atoms with Crippen molar-refractivity contribution in [1.29, 1.82) is 0 Å². The van der Waals surface area contributed by atoms with E-state index in [2.05, 4.69) is 19.7 Å². The molecule has 3 aromatic rings. The number of aromatic nitrogens is 3. The Bertz CT molecular complexity index is 1210. The fourth-order valence-electron chi connectivity index (χ4n) is 2.44. The first-order valence-electron chi connectivity index (χ1n) is 8.60. The molecule has 31 heavy (non-hydrogen) atoms. The zero-order chi connectivity index (χ0) is 22.6. The van der Waals surface area contributed by atoms with Crippen molar-refractivity contribution in [2.75, 3.05) is 29.9 Å². The van der Waals surface area contributed by atoms with Gasteiger partial charge in [-0.3, -0.25) is 4.72 Å². The zero-order valence-corrected chi connectivity index (χ0v) is 16.8. The molecule has 13 heteroatoms. The molecule has 0 amide bonds. The highest BCUT2D eigenvalue weighted by Crippen LogP contribution is 2.35. The monoisotopic (exact) mass is 455 g/mol. The number of nitrogens with one attached hydrogen (secondary N) is 1. The van der Waals surface area contributed by atoms with Crippen molar-refractivity contribution in [3.05, 3.63) is 54.1 Å². The highest BCUT2D eigenvalue weighted by molar-refractivity contribution is 7.92. The summed E-state index contributed by atoms with van der Waals surface area (Å²) < 4.78 is 78.7. The van der Waals surface area contributed by atoms with Gasteiger partial charge in [0.05, 0.1) is 23.6 Å². The van der Waals surface area contributed by atoms with E-state index in [0.29, 0.717) is 6.07 Å². The number of nitrogens with two attached hydrogens (primary N) is 1. The van der Waals surface area contributed by atoms with Crippen LogP contribution in [0.4, 0.5) is 24.8 Å². The number of sulfonamides is 1. The molecule has 3 N–H and O–H groups in total. The largest absolute Gasteiger partial charge is 0.435 e. The topological polar surface area (TPSA) is 129 Å². The normalized spacial score (nSPS) is 11.4. The van der Waals surface area contributed by atoms with Crippen molar-refractivity contribution in [1.82, 2.24) is 15.0 Å². The van der Waals surface area contributed by atoms with Gasteiger partial charge in [-0.15, -0.1) is 0 Å². The number of halogens is 3. The molecule has 0 radical (unpaired) electrons. The number of hydrogen-bond donors (Lipinski definition) is 2. The van der Waals surface area contributed by atoms with Crippen LogP contribution in [-0.2, 0) is 14.8 Å². The molecule has 0 atom stereocenters. The maximum atomic E-state index is 14.6. The molecular weight excluding hydrogens is 439 g/mol. The summed E-state index contributed by atoms with van der Waals surface area (Å²) >= 11 is 0. The van der Waals surface area contributed by atoms with Gasteiger partial charge in [0.1, 0.15) is 5.69 Å². The second kappa shape index (κ2) is 9.14. The van der Waals surface area contributed by atoms with Crippen LogP contribution in [0.2, 0.25) is 0 Å². The number of benzene rings is 1. The number of nitrogens with zero attached hydrogens (tertiary/aromatic N) is 3.